The van der Waals surface area contributed by atoms with Crippen molar-refractivity contribution in [3.8, 4) is 11.5 Å². The maximum Gasteiger partial charge on any atom is 0.271 e. The van der Waals surface area contributed by atoms with Crippen LogP contribution in [0, 0.1) is 13.7 Å². The Morgan fingerprint density at radius 2 is 1.93 bits per heavy atom. The van der Waals surface area contributed by atoms with Crippen molar-refractivity contribution >= 4 is 57.2 Å². The summed E-state index contributed by atoms with van der Waals surface area (Å²) < 4.78 is 12.3. The summed E-state index contributed by atoms with van der Waals surface area (Å²) in [7, 11) is 1.57. The molecule has 0 fully saturated rings. The average Bonchev–Trinajstić information content (AvgIpc) is 2.72. The van der Waals surface area contributed by atoms with Gasteiger partial charge in [0.05, 0.1) is 15.6 Å². The number of nitro benzene ring substituents is 1. The lowest BCUT2D eigenvalue weighted by molar-refractivity contribution is -0.384. The topological polar surface area (TPSA) is 73.6 Å². The van der Waals surface area contributed by atoms with Crippen molar-refractivity contribution < 1.29 is 14.4 Å². The van der Waals surface area contributed by atoms with Crippen molar-refractivity contribution in [3.63, 3.8) is 0 Å². The second kappa shape index (κ2) is 10.2. The van der Waals surface area contributed by atoms with Gasteiger partial charge in [-0.2, -0.15) is 0 Å². The Bertz CT molecular complexity index is 1080. The maximum absolute atomic E-state index is 10.9. The number of rotatable bonds is 8. The van der Waals surface area contributed by atoms with Gasteiger partial charge in [-0.25, -0.2) is 0 Å². The third-order valence-corrected chi connectivity index (χ3v) is 5.62. The quantitative estimate of drug-likeness (QED) is 0.189. The molecule has 156 valence electrons. The van der Waals surface area contributed by atoms with Gasteiger partial charge in [-0.05, 0) is 58.5 Å². The van der Waals surface area contributed by atoms with Crippen LogP contribution in [0.25, 0.3) is 0 Å². The number of anilines is 1. The largest absolute Gasteiger partial charge is 0.493 e. The predicted octanol–water partition coefficient (Wildman–Crippen LogP) is 6.71. The molecule has 3 aromatic rings. The number of non-ortho nitro benzene ring substituents is 1. The number of nitrogens with zero attached hydrogens (tertiary/aromatic N) is 1. The Kier molecular flexibility index (Phi) is 7.63. The lowest BCUT2D eigenvalue weighted by Crippen LogP contribution is -2.04. The second-order valence-electron chi connectivity index (χ2n) is 6.29. The van der Waals surface area contributed by atoms with E-state index in [4.69, 9.17) is 32.7 Å². The fraction of sp³-hybridized carbons (Fsp3) is 0.143. The van der Waals surface area contributed by atoms with Crippen LogP contribution >= 0.6 is 45.8 Å². The number of hydrogen-bond acceptors (Lipinski definition) is 5. The zero-order valence-electron chi connectivity index (χ0n) is 15.8. The monoisotopic (exact) mass is 558 g/mol. The highest BCUT2D eigenvalue weighted by molar-refractivity contribution is 14.1. The summed E-state index contributed by atoms with van der Waals surface area (Å²) in [5, 5.41) is 15.2. The summed E-state index contributed by atoms with van der Waals surface area (Å²) in [5.41, 5.74) is 2.46. The molecule has 1 N–H and O–H groups in total. The first-order chi connectivity index (χ1) is 14.4. The van der Waals surface area contributed by atoms with Gasteiger partial charge in [-0.3, -0.25) is 10.1 Å². The molecule has 3 rings (SSSR count). The van der Waals surface area contributed by atoms with Crippen LogP contribution in [-0.4, -0.2) is 12.0 Å². The highest BCUT2D eigenvalue weighted by atomic mass is 127. The van der Waals surface area contributed by atoms with E-state index in [2.05, 4.69) is 27.9 Å². The van der Waals surface area contributed by atoms with Gasteiger partial charge in [0, 0.05) is 40.0 Å². The van der Waals surface area contributed by atoms with E-state index in [0.717, 1.165) is 14.7 Å². The second-order valence-corrected chi connectivity index (χ2v) is 8.30. The minimum Gasteiger partial charge on any atom is -0.493 e. The summed E-state index contributed by atoms with van der Waals surface area (Å²) >= 11 is 14.3. The van der Waals surface area contributed by atoms with Crippen molar-refractivity contribution in [2.45, 2.75) is 13.2 Å². The molecular formula is C21H17Cl2IN2O4. The Hall–Kier alpha value is -2.23. The van der Waals surface area contributed by atoms with E-state index in [-0.39, 0.29) is 12.3 Å². The van der Waals surface area contributed by atoms with Crippen LogP contribution in [0.3, 0.4) is 0 Å². The summed E-state index contributed by atoms with van der Waals surface area (Å²) in [4.78, 5) is 10.5. The van der Waals surface area contributed by atoms with E-state index >= 15 is 0 Å². The summed E-state index contributed by atoms with van der Waals surface area (Å²) in [6.45, 7) is 0.741. The van der Waals surface area contributed by atoms with E-state index in [0.29, 0.717) is 33.8 Å². The van der Waals surface area contributed by atoms with Crippen LogP contribution in [0.5, 0.6) is 11.5 Å². The number of nitrogens with one attached hydrogen (secondary N) is 1. The molecule has 0 radical (unpaired) electrons. The third kappa shape index (κ3) is 5.68. The van der Waals surface area contributed by atoms with E-state index in [9.17, 15) is 10.1 Å². The molecule has 0 aliphatic carbocycles. The SMILES string of the molecule is COc1cc(CNc2cccc([N+](=O)[O-])c2)cc(I)c1OCc1ccc(Cl)cc1Cl. The Morgan fingerprint density at radius 3 is 2.63 bits per heavy atom. The van der Waals surface area contributed by atoms with Gasteiger partial charge >= 0.3 is 0 Å². The van der Waals surface area contributed by atoms with Crippen LogP contribution in [-0.2, 0) is 13.2 Å². The van der Waals surface area contributed by atoms with Crippen LogP contribution in [0.15, 0.2) is 54.6 Å². The molecule has 0 unspecified atom stereocenters. The Labute approximate surface area is 197 Å². The van der Waals surface area contributed by atoms with Gasteiger partial charge in [0.1, 0.15) is 6.61 Å². The van der Waals surface area contributed by atoms with E-state index in [1.807, 2.05) is 18.2 Å². The third-order valence-electron chi connectivity index (χ3n) is 4.23. The van der Waals surface area contributed by atoms with Crippen LogP contribution in [0.1, 0.15) is 11.1 Å². The van der Waals surface area contributed by atoms with Crippen LogP contribution in [0.2, 0.25) is 10.0 Å². The smallest absolute Gasteiger partial charge is 0.271 e. The molecule has 0 amide bonds. The molecule has 0 spiro atoms. The lowest BCUT2D eigenvalue weighted by atomic mass is 10.2. The van der Waals surface area contributed by atoms with E-state index in [1.54, 1.807) is 31.4 Å². The zero-order valence-corrected chi connectivity index (χ0v) is 19.5. The standard InChI is InChI=1S/C21H17Cl2IN2O4/c1-29-20-8-13(11-25-16-3-2-4-17(10-16)26(27)28)7-19(24)21(20)30-12-14-5-6-15(22)9-18(14)23/h2-10,25H,11-12H2,1H3. The van der Waals surface area contributed by atoms with Gasteiger partial charge in [0.25, 0.3) is 5.69 Å². The molecule has 0 bridgehead atoms. The molecular weight excluding hydrogens is 542 g/mol. The highest BCUT2D eigenvalue weighted by Gasteiger charge is 2.13. The number of hydrogen-bond donors (Lipinski definition) is 1. The van der Waals surface area contributed by atoms with Gasteiger partial charge < -0.3 is 14.8 Å². The molecule has 0 aliphatic rings. The summed E-state index contributed by atoms with van der Waals surface area (Å²) in [6, 6.07) is 15.5. The average molecular weight is 559 g/mol. The Balaban J connectivity index is 1.73. The molecule has 3 aromatic carbocycles. The molecule has 0 saturated carbocycles. The molecule has 30 heavy (non-hydrogen) atoms. The number of nitro groups is 1. The predicted molar refractivity (Wildman–Crippen MR) is 127 cm³/mol. The fourth-order valence-electron chi connectivity index (χ4n) is 2.74. The summed E-state index contributed by atoms with van der Waals surface area (Å²) in [6.07, 6.45) is 0. The number of benzene rings is 3. The minimum absolute atomic E-state index is 0.0387. The molecule has 0 aliphatic heterocycles. The first kappa shape index (κ1) is 22.5. The van der Waals surface area contributed by atoms with Gasteiger partial charge in [0.2, 0.25) is 0 Å². The lowest BCUT2D eigenvalue weighted by Gasteiger charge is -2.16. The molecule has 9 heteroatoms. The van der Waals surface area contributed by atoms with Gasteiger partial charge in [0.15, 0.2) is 11.5 Å². The van der Waals surface area contributed by atoms with Crippen molar-refractivity contribution in [2.75, 3.05) is 12.4 Å². The van der Waals surface area contributed by atoms with Gasteiger partial charge in [-0.1, -0.05) is 35.3 Å². The summed E-state index contributed by atoms with van der Waals surface area (Å²) in [5.74, 6) is 1.20. The first-order valence-electron chi connectivity index (χ1n) is 8.79. The number of ether oxygens (including phenoxy) is 2. The zero-order chi connectivity index (χ0) is 21.7. The number of halogens is 3. The van der Waals surface area contributed by atoms with E-state index in [1.165, 1.54) is 12.1 Å². The molecule has 0 heterocycles. The van der Waals surface area contributed by atoms with Crippen molar-refractivity contribution in [1.29, 1.82) is 0 Å². The maximum atomic E-state index is 10.9. The Morgan fingerprint density at radius 1 is 1.13 bits per heavy atom. The minimum atomic E-state index is -0.420. The molecule has 0 aromatic heterocycles. The van der Waals surface area contributed by atoms with Crippen molar-refractivity contribution in [2.24, 2.45) is 0 Å². The van der Waals surface area contributed by atoms with Crippen molar-refractivity contribution in [1.82, 2.24) is 0 Å². The van der Waals surface area contributed by atoms with Gasteiger partial charge in [-0.15, -0.1) is 0 Å². The molecule has 0 atom stereocenters. The highest BCUT2D eigenvalue weighted by Crippen LogP contribution is 2.35. The normalized spacial score (nSPS) is 10.5. The number of methoxy groups -OCH3 is 1. The first-order valence-corrected chi connectivity index (χ1v) is 10.6. The van der Waals surface area contributed by atoms with Crippen molar-refractivity contribution in [3.05, 3.63) is 89.5 Å². The fourth-order valence-corrected chi connectivity index (χ4v) is 4.02. The van der Waals surface area contributed by atoms with Crippen LogP contribution < -0.4 is 14.8 Å². The van der Waals surface area contributed by atoms with E-state index < -0.39 is 4.92 Å². The molecule has 0 saturated heterocycles. The van der Waals surface area contributed by atoms with Crippen LogP contribution in [0.4, 0.5) is 11.4 Å². The molecule has 6 nitrogen and oxygen atoms in total.